The Balaban J connectivity index is 0.972. The average Bonchev–Trinajstić information content (AvgIpc) is 3.83. The van der Waals surface area contributed by atoms with Crippen LogP contribution in [-0.2, 0) is 5.41 Å². The standard InChI is InChI=1S/C61H55NS/c1-61(2)55-25-13-11-22-51(55)54-24-15-26-56(60(54)61)62(48-37-45(40-16-5-3-6-17-40)36-46(38-48)41-18-7-4-8-19-41)47-32-28-43(29-33-47)50-34-30-42-20-9-10-21-49(42)59(50)44-31-35-53-52-23-12-14-27-57(52)63-58(53)39-44/h3-7,9-18,20-35,38,44-45,48,53,56,58,60H,8,19,36-37,39H2,1-2H3. The molecule has 6 aliphatic rings. The van der Waals surface area contributed by atoms with Crippen LogP contribution in [0.3, 0.4) is 0 Å². The fourth-order valence-corrected chi connectivity index (χ4v) is 14.1. The SMILES string of the molecule is CC1(C)c2ccccc2C2=CC=CC(N(c3ccc(-c4ccc5ccccc5c4C4C=CC5c6ccccc6SC5C4)cc3)C3C=C(C4=CC=CCC4)CC(c4ccccc4)C3)C21. The molecule has 0 aromatic heterocycles. The second kappa shape index (κ2) is 15.8. The molecular formula is C61H55NS. The van der Waals surface area contributed by atoms with Gasteiger partial charge in [0.1, 0.15) is 0 Å². The fraction of sp³-hybridized carbons (Fsp3) is 0.246. The molecule has 1 aliphatic heterocycles. The van der Waals surface area contributed by atoms with Crippen LogP contribution in [0.1, 0.15) is 91.5 Å². The van der Waals surface area contributed by atoms with Gasteiger partial charge in [0.25, 0.3) is 0 Å². The minimum Gasteiger partial charge on any atom is -0.358 e. The first kappa shape index (κ1) is 38.8. The van der Waals surface area contributed by atoms with E-state index < -0.39 is 0 Å². The summed E-state index contributed by atoms with van der Waals surface area (Å²) in [5.74, 6) is 1.60. The Bertz CT molecular complexity index is 2920. The van der Waals surface area contributed by atoms with Crippen molar-refractivity contribution in [2.75, 3.05) is 4.90 Å². The van der Waals surface area contributed by atoms with Crippen molar-refractivity contribution in [1.29, 1.82) is 0 Å². The Hall–Kier alpha value is -5.83. The topological polar surface area (TPSA) is 3.24 Å². The summed E-state index contributed by atoms with van der Waals surface area (Å²) in [6.45, 7) is 4.98. The number of rotatable bonds is 7. The maximum Gasteiger partial charge on any atom is 0.0559 e. The molecule has 0 saturated heterocycles. The van der Waals surface area contributed by atoms with Crippen LogP contribution in [0.2, 0.25) is 0 Å². The van der Waals surface area contributed by atoms with Crippen LogP contribution in [0.15, 0.2) is 210 Å². The summed E-state index contributed by atoms with van der Waals surface area (Å²) in [4.78, 5) is 4.30. The maximum atomic E-state index is 2.85. The second-order valence-corrected chi connectivity index (χ2v) is 20.6. The van der Waals surface area contributed by atoms with Gasteiger partial charge in [0, 0.05) is 39.6 Å². The minimum atomic E-state index is -0.0295. The van der Waals surface area contributed by atoms with E-state index in [1.165, 1.54) is 77.0 Å². The summed E-state index contributed by atoms with van der Waals surface area (Å²) in [5.41, 5.74) is 15.8. The van der Waals surface area contributed by atoms with E-state index in [1.807, 2.05) is 0 Å². The van der Waals surface area contributed by atoms with Gasteiger partial charge in [0.2, 0.25) is 0 Å². The molecule has 0 saturated carbocycles. The van der Waals surface area contributed by atoms with E-state index in [-0.39, 0.29) is 17.5 Å². The first-order valence-electron chi connectivity index (χ1n) is 23.4. The lowest BCUT2D eigenvalue weighted by atomic mass is 9.70. The van der Waals surface area contributed by atoms with Crippen molar-refractivity contribution < 1.29 is 0 Å². The third kappa shape index (κ3) is 6.67. The van der Waals surface area contributed by atoms with Crippen molar-refractivity contribution in [3.63, 3.8) is 0 Å². The normalized spacial score (nSPS) is 26.3. The molecule has 310 valence electrons. The summed E-state index contributed by atoms with van der Waals surface area (Å²) >= 11 is 2.09. The number of allylic oxidation sites excluding steroid dienone is 9. The Morgan fingerprint density at radius 3 is 2.35 bits per heavy atom. The number of hydrogen-bond donors (Lipinski definition) is 0. The lowest BCUT2D eigenvalue weighted by Gasteiger charge is -2.47. The molecule has 7 unspecified atom stereocenters. The van der Waals surface area contributed by atoms with E-state index in [0.29, 0.717) is 28.9 Å². The number of benzene rings is 6. The molecule has 0 amide bonds. The zero-order valence-electron chi connectivity index (χ0n) is 36.4. The molecule has 0 spiro atoms. The molecule has 0 radical (unpaired) electrons. The molecule has 2 heteroatoms. The quantitative estimate of drug-likeness (QED) is 0.147. The molecule has 5 aliphatic carbocycles. The molecule has 1 heterocycles. The molecule has 1 nitrogen and oxygen atoms in total. The smallest absolute Gasteiger partial charge is 0.0559 e. The van der Waals surface area contributed by atoms with Gasteiger partial charge in [-0.3, -0.25) is 0 Å². The first-order valence-corrected chi connectivity index (χ1v) is 24.3. The van der Waals surface area contributed by atoms with E-state index in [1.54, 1.807) is 0 Å². The van der Waals surface area contributed by atoms with Crippen molar-refractivity contribution in [2.24, 2.45) is 5.92 Å². The summed E-state index contributed by atoms with van der Waals surface area (Å²) in [7, 11) is 0. The lowest BCUT2D eigenvalue weighted by molar-refractivity contribution is 0.352. The number of fused-ring (bicyclic) bond motifs is 7. The summed E-state index contributed by atoms with van der Waals surface area (Å²) in [6, 6.07) is 53.7. The molecule has 7 atom stereocenters. The molecule has 0 fully saturated rings. The van der Waals surface area contributed by atoms with Crippen LogP contribution >= 0.6 is 11.8 Å². The van der Waals surface area contributed by atoms with Crippen molar-refractivity contribution in [1.82, 2.24) is 0 Å². The van der Waals surface area contributed by atoms with Crippen molar-refractivity contribution in [2.45, 2.75) is 91.3 Å². The summed E-state index contributed by atoms with van der Waals surface area (Å²) in [6.07, 6.45) is 27.6. The largest absolute Gasteiger partial charge is 0.358 e. The molecule has 63 heavy (non-hydrogen) atoms. The first-order chi connectivity index (χ1) is 31.0. The third-order valence-electron chi connectivity index (χ3n) is 15.5. The maximum absolute atomic E-state index is 2.85. The number of hydrogen-bond acceptors (Lipinski definition) is 2. The van der Waals surface area contributed by atoms with Crippen LogP contribution < -0.4 is 4.90 Å². The lowest BCUT2D eigenvalue weighted by Crippen LogP contribution is -2.51. The molecule has 6 aromatic rings. The van der Waals surface area contributed by atoms with Gasteiger partial charge in [-0.2, -0.15) is 0 Å². The Labute approximate surface area is 378 Å². The molecule has 0 N–H and O–H groups in total. The van der Waals surface area contributed by atoms with E-state index in [9.17, 15) is 0 Å². The van der Waals surface area contributed by atoms with Gasteiger partial charge in [0.05, 0.1) is 6.04 Å². The Morgan fingerprint density at radius 2 is 1.48 bits per heavy atom. The van der Waals surface area contributed by atoms with E-state index in [0.717, 1.165) is 32.1 Å². The van der Waals surface area contributed by atoms with Crippen LogP contribution in [0, 0.1) is 5.92 Å². The zero-order chi connectivity index (χ0) is 42.1. The van der Waals surface area contributed by atoms with Gasteiger partial charge >= 0.3 is 0 Å². The molecule has 0 bridgehead atoms. The highest BCUT2D eigenvalue weighted by atomic mass is 32.2. The number of nitrogens with zero attached hydrogens (tertiary/aromatic N) is 1. The number of anilines is 1. The zero-order valence-corrected chi connectivity index (χ0v) is 37.2. The van der Waals surface area contributed by atoms with Crippen LogP contribution in [-0.4, -0.2) is 17.3 Å². The highest BCUT2D eigenvalue weighted by molar-refractivity contribution is 8.00. The van der Waals surface area contributed by atoms with Gasteiger partial charge in [-0.15, -0.1) is 11.8 Å². The molecule has 12 rings (SSSR count). The Kier molecular flexibility index (Phi) is 9.71. The predicted molar refractivity (Wildman–Crippen MR) is 268 cm³/mol. The van der Waals surface area contributed by atoms with Gasteiger partial charge in [-0.25, -0.2) is 0 Å². The second-order valence-electron chi connectivity index (χ2n) is 19.4. The molecular weight excluding hydrogens is 779 g/mol. The van der Waals surface area contributed by atoms with Crippen LogP contribution in [0.25, 0.3) is 27.5 Å². The van der Waals surface area contributed by atoms with Crippen molar-refractivity contribution in [3.8, 4) is 11.1 Å². The van der Waals surface area contributed by atoms with Crippen molar-refractivity contribution in [3.05, 3.63) is 233 Å². The number of thioether (sulfide) groups is 1. The van der Waals surface area contributed by atoms with Gasteiger partial charge in [-0.1, -0.05) is 190 Å². The summed E-state index contributed by atoms with van der Waals surface area (Å²) in [5, 5.41) is 3.26. The van der Waals surface area contributed by atoms with Gasteiger partial charge in [0.15, 0.2) is 0 Å². The Morgan fingerprint density at radius 1 is 0.667 bits per heavy atom. The van der Waals surface area contributed by atoms with Gasteiger partial charge < -0.3 is 4.90 Å². The monoisotopic (exact) mass is 833 g/mol. The van der Waals surface area contributed by atoms with Gasteiger partial charge in [-0.05, 0) is 128 Å². The minimum absolute atomic E-state index is 0.0295. The van der Waals surface area contributed by atoms with E-state index >= 15 is 0 Å². The summed E-state index contributed by atoms with van der Waals surface area (Å²) < 4.78 is 0. The average molecular weight is 834 g/mol. The predicted octanol–water partition coefficient (Wildman–Crippen LogP) is 15.7. The van der Waals surface area contributed by atoms with E-state index in [4.69, 9.17) is 0 Å². The molecule has 6 aromatic carbocycles. The van der Waals surface area contributed by atoms with E-state index in [2.05, 4.69) is 225 Å². The van der Waals surface area contributed by atoms with Crippen LogP contribution in [0.5, 0.6) is 0 Å². The fourth-order valence-electron chi connectivity index (χ4n) is 12.6. The van der Waals surface area contributed by atoms with Crippen molar-refractivity contribution >= 4 is 33.8 Å². The highest BCUT2D eigenvalue weighted by Gasteiger charge is 2.49. The third-order valence-corrected chi connectivity index (χ3v) is 17.0. The highest BCUT2D eigenvalue weighted by Crippen LogP contribution is 2.56. The van der Waals surface area contributed by atoms with Crippen LogP contribution in [0.4, 0.5) is 5.69 Å².